The lowest BCUT2D eigenvalue weighted by Crippen LogP contribution is -2.57. The molecular weight excluding hydrogens is 448 g/mol. The Labute approximate surface area is 214 Å². The average Bonchev–Trinajstić information content (AvgIpc) is 2.77. The molecule has 4 nitrogen and oxygen atoms in total. The van der Waals surface area contributed by atoms with Crippen molar-refractivity contribution in [1.29, 1.82) is 0 Å². The summed E-state index contributed by atoms with van der Waals surface area (Å²) < 4.78 is 6.68. The van der Waals surface area contributed by atoms with E-state index in [2.05, 4.69) is 100 Å². The van der Waals surface area contributed by atoms with Gasteiger partial charge in [-0.25, -0.2) is 0 Å². The third kappa shape index (κ3) is 6.32. The number of carbonyl (C=O) groups is 1. The SMILES string of the molecule is C=CCN1C[C@H](C)N([C@@H](c2ccc(C(C)=O)cc2)c2cccc(O[Si](C)(C)C(C)(C)C)c2)C[C@H]1C. The van der Waals surface area contributed by atoms with Gasteiger partial charge in [-0.2, -0.15) is 0 Å². The second-order valence-corrected chi connectivity index (χ2v) is 16.4. The first-order valence-corrected chi connectivity index (χ1v) is 15.8. The number of Topliss-reactive ketones (excluding diaryl/α,β-unsaturated/α-hetero) is 1. The Bertz CT molecular complexity index is 1030. The molecule has 0 unspecified atom stereocenters. The van der Waals surface area contributed by atoms with Gasteiger partial charge in [-0.05, 0) is 62.2 Å². The zero-order valence-electron chi connectivity index (χ0n) is 23.0. The van der Waals surface area contributed by atoms with Crippen LogP contribution in [0.25, 0.3) is 0 Å². The van der Waals surface area contributed by atoms with Gasteiger partial charge in [-0.15, -0.1) is 6.58 Å². The van der Waals surface area contributed by atoms with Crippen molar-refractivity contribution in [3.63, 3.8) is 0 Å². The van der Waals surface area contributed by atoms with Crippen LogP contribution in [0.5, 0.6) is 5.75 Å². The number of piperazine rings is 1. The molecule has 0 aliphatic carbocycles. The average molecular weight is 493 g/mol. The Kier molecular flexibility index (Phi) is 8.46. The highest BCUT2D eigenvalue weighted by Gasteiger charge is 2.39. The molecule has 5 heteroatoms. The first-order chi connectivity index (χ1) is 16.3. The first kappa shape index (κ1) is 27.4. The topological polar surface area (TPSA) is 32.8 Å². The Morgan fingerprint density at radius 2 is 1.74 bits per heavy atom. The molecule has 1 aliphatic rings. The summed E-state index contributed by atoms with van der Waals surface area (Å²) in [5.41, 5.74) is 3.18. The van der Waals surface area contributed by atoms with Crippen molar-refractivity contribution >= 4 is 14.1 Å². The van der Waals surface area contributed by atoms with E-state index in [1.54, 1.807) is 6.92 Å². The molecule has 0 spiro atoms. The molecule has 35 heavy (non-hydrogen) atoms. The van der Waals surface area contributed by atoms with E-state index < -0.39 is 8.32 Å². The minimum Gasteiger partial charge on any atom is -0.543 e. The van der Waals surface area contributed by atoms with Gasteiger partial charge in [0.05, 0.1) is 6.04 Å². The fraction of sp³-hybridized carbons (Fsp3) is 0.500. The zero-order valence-corrected chi connectivity index (χ0v) is 24.0. The first-order valence-electron chi connectivity index (χ1n) is 12.8. The standard InChI is InChI=1S/C30H44N2O2Si/c1-10-18-31-20-23(3)32(21-22(31)2)29(26-16-14-25(15-17-26)24(4)33)27-12-11-13-28(19-27)34-35(8,9)30(5,6)7/h10-17,19,22-23,29H,1,18,20-21H2,2-9H3/t22-,23+,29+/m1/s1. The summed E-state index contributed by atoms with van der Waals surface area (Å²) in [4.78, 5) is 17.0. The highest BCUT2D eigenvalue weighted by atomic mass is 28.4. The van der Waals surface area contributed by atoms with Crippen molar-refractivity contribution in [3.05, 3.63) is 77.9 Å². The zero-order chi connectivity index (χ0) is 26.0. The van der Waals surface area contributed by atoms with Gasteiger partial charge < -0.3 is 4.43 Å². The van der Waals surface area contributed by atoms with E-state index in [-0.39, 0.29) is 16.9 Å². The molecule has 1 saturated heterocycles. The fourth-order valence-electron chi connectivity index (χ4n) is 4.68. The maximum absolute atomic E-state index is 11.9. The van der Waals surface area contributed by atoms with Crippen molar-refractivity contribution in [2.45, 2.75) is 77.8 Å². The van der Waals surface area contributed by atoms with Gasteiger partial charge in [0.2, 0.25) is 8.32 Å². The van der Waals surface area contributed by atoms with Crippen LogP contribution in [0, 0.1) is 0 Å². The van der Waals surface area contributed by atoms with Crippen LogP contribution < -0.4 is 4.43 Å². The van der Waals surface area contributed by atoms with Gasteiger partial charge in [0.1, 0.15) is 5.75 Å². The predicted molar refractivity (Wildman–Crippen MR) is 150 cm³/mol. The Morgan fingerprint density at radius 3 is 2.31 bits per heavy atom. The molecule has 3 rings (SSSR count). The number of nitrogens with zero attached hydrogens (tertiary/aromatic N) is 2. The lowest BCUT2D eigenvalue weighted by Gasteiger charge is -2.47. The molecular formula is C30H44N2O2Si. The summed E-state index contributed by atoms with van der Waals surface area (Å²) >= 11 is 0. The van der Waals surface area contributed by atoms with Gasteiger partial charge in [0.25, 0.3) is 0 Å². The van der Waals surface area contributed by atoms with E-state index >= 15 is 0 Å². The van der Waals surface area contributed by atoms with Crippen LogP contribution in [0.3, 0.4) is 0 Å². The van der Waals surface area contributed by atoms with Crippen LogP contribution in [0.2, 0.25) is 18.1 Å². The maximum atomic E-state index is 11.9. The van der Waals surface area contributed by atoms with Crippen molar-refractivity contribution < 1.29 is 9.22 Å². The van der Waals surface area contributed by atoms with E-state index in [4.69, 9.17) is 4.43 Å². The molecule has 2 aromatic rings. The number of carbonyl (C=O) groups excluding carboxylic acids is 1. The highest BCUT2D eigenvalue weighted by Crippen LogP contribution is 2.39. The van der Waals surface area contributed by atoms with Gasteiger partial charge in [0.15, 0.2) is 5.78 Å². The largest absolute Gasteiger partial charge is 0.543 e. The smallest absolute Gasteiger partial charge is 0.250 e. The van der Waals surface area contributed by atoms with Crippen LogP contribution >= 0.6 is 0 Å². The van der Waals surface area contributed by atoms with E-state index in [0.29, 0.717) is 12.1 Å². The van der Waals surface area contributed by atoms with E-state index in [1.165, 1.54) is 11.1 Å². The molecule has 190 valence electrons. The molecule has 0 bridgehead atoms. The van der Waals surface area contributed by atoms with Crippen LogP contribution in [-0.4, -0.2) is 55.6 Å². The molecule has 1 heterocycles. The highest BCUT2D eigenvalue weighted by molar-refractivity contribution is 6.74. The molecule has 2 aromatic carbocycles. The van der Waals surface area contributed by atoms with E-state index in [9.17, 15) is 4.79 Å². The Balaban J connectivity index is 2.02. The second kappa shape index (κ2) is 10.8. The fourth-order valence-corrected chi connectivity index (χ4v) is 5.70. The Morgan fingerprint density at radius 1 is 1.09 bits per heavy atom. The summed E-state index contributed by atoms with van der Waals surface area (Å²) in [5, 5.41) is 0.135. The van der Waals surface area contributed by atoms with Gasteiger partial charge >= 0.3 is 0 Å². The second-order valence-electron chi connectivity index (χ2n) is 11.7. The molecule has 0 aromatic heterocycles. The van der Waals surface area contributed by atoms with Gasteiger partial charge in [0, 0.05) is 37.3 Å². The monoisotopic (exact) mass is 492 g/mol. The number of hydrogen-bond donors (Lipinski definition) is 0. The third-order valence-corrected chi connectivity index (χ3v) is 12.2. The molecule has 0 saturated carbocycles. The van der Waals surface area contributed by atoms with Crippen molar-refractivity contribution in [2.75, 3.05) is 19.6 Å². The predicted octanol–water partition coefficient (Wildman–Crippen LogP) is 6.94. The van der Waals surface area contributed by atoms with Crippen LogP contribution in [0.15, 0.2) is 61.2 Å². The van der Waals surface area contributed by atoms with Crippen LogP contribution in [-0.2, 0) is 0 Å². The molecule has 0 radical (unpaired) electrons. The summed E-state index contributed by atoms with van der Waals surface area (Å²) in [6.45, 7) is 24.5. The van der Waals surface area contributed by atoms with Crippen LogP contribution in [0.4, 0.5) is 0 Å². The van der Waals surface area contributed by atoms with Crippen LogP contribution in [0.1, 0.15) is 69.1 Å². The maximum Gasteiger partial charge on any atom is 0.250 e. The van der Waals surface area contributed by atoms with Gasteiger partial charge in [-0.3, -0.25) is 14.6 Å². The lowest BCUT2D eigenvalue weighted by molar-refractivity contribution is 0.0306. The molecule has 0 amide bonds. The van der Waals surface area contributed by atoms with Gasteiger partial charge in [-0.1, -0.05) is 63.2 Å². The summed E-state index contributed by atoms with van der Waals surface area (Å²) in [6.07, 6.45) is 2.00. The normalized spacial score (nSPS) is 20.9. The quantitative estimate of drug-likeness (QED) is 0.227. The number of hydrogen-bond acceptors (Lipinski definition) is 4. The summed E-state index contributed by atoms with van der Waals surface area (Å²) in [5.74, 6) is 1.04. The number of rotatable bonds is 8. The summed E-state index contributed by atoms with van der Waals surface area (Å²) in [7, 11) is -1.95. The minimum absolute atomic E-state index is 0.0855. The third-order valence-electron chi connectivity index (χ3n) is 7.84. The molecule has 1 fully saturated rings. The van der Waals surface area contributed by atoms with E-state index in [0.717, 1.165) is 30.9 Å². The van der Waals surface area contributed by atoms with Crippen molar-refractivity contribution in [2.24, 2.45) is 0 Å². The summed E-state index contributed by atoms with van der Waals surface area (Å²) in [6, 6.07) is 17.7. The molecule has 3 atom stereocenters. The molecule has 1 aliphatic heterocycles. The van der Waals surface area contributed by atoms with Crippen molar-refractivity contribution in [1.82, 2.24) is 9.80 Å². The lowest BCUT2D eigenvalue weighted by atomic mass is 9.92. The number of ketones is 1. The van der Waals surface area contributed by atoms with E-state index in [1.807, 2.05) is 18.2 Å². The van der Waals surface area contributed by atoms with Crippen molar-refractivity contribution in [3.8, 4) is 5.75 Å². The number of benzene rings is 2. The minimum atomic E-state index is -1.95. The Hall–Kier alpha value is -2.21. The molecule has 0 N–H and O–H groups in total.